The van der Waals surface area contributed by atoms with Gasteiger partial charge >= 0.3 is 5.97 Å². The highest BCUT2D eigenvalue weighted by Crippen LogP contribution is 2.19. The van der Waals surface area contributed by atoms with Gasteiger partial charge in [-0.15, -0.1) is 0 Å². The van der Waals surface area contributed by atoms with Crippen LogP contribution in [0.4, 0.5) is 11.4 Å². The molecule has 4 N–H and O–H groups in total. The minimum absolute atomic E-state index is 0.149. The molecular weight excluding hydrogens is 204 g/mol. The maximum atomic E-state index is 10.9. The fraction of sp³-hybridized carbons (Fsp3) is 0.417. The van der Waals surface area contributed by atoms with Crippen molar-refractivity contribution in [3.63, 3.8) is 0 Å². The Morgan fingerprint density at radius 1 is 1.44 bits per heavy atom. The van der Waals surface area contributed by atoms with Gasteiger partial charge in [0.1, 0.15) is 0 Å². The number of rotatable bonds is 5. The van der Waals surface area contributed by atoms with Gasteiger partial charge in [-0.2, -0.15) is 0 Å². The number of benzene rings is 1. The third-order valence-electron chi connectivity index (χ3n) is 2.64. The van der Waals surface area contributed by atoms with Crippen LogP contribution in [0.2, 0.25) is 0 Å². The maximum Gasteiger partial charge on any atom is 0.337 e. The van der Waals surface area contributed by atoms with Crippen molar-refractivity contribution in [1.82, 2.24) is 0 Å². The summed E-state index contributed by atoms with van der Waals surface area (Å²) in [5, 5.41) is 12.2. The summed E-state index contributed by atoms with van der Waals surface area (Å²) in [7, 11) is 0. The first-order valence-corrected chi connectivity index (χ1v) is 5.47. The summed E-state index contributed by atoms with van der Waals surface area (Å²) in [5.74, 6) is -0.995. The molecule has 0 amide bonds. The number of anilines is 2. The topological polar surface area (TPSA) is 75.3 Å². The molecule has 0 aromatic heterocycles. The van der Waals surface area contributed by atoms with Gasteiger partial charge in [-0.3, -0.25) is 0 Å². The molecule has 0 radical (unpaired) electrons. The molecule has 4 heteroatoms. The van der Waals surface area contributed by atoms with E-state index in [2.05, 4.69) is 19.2 Å². The standard InChI is InChI=1S/C12H18N2O2/c1-3-8(4-2)14-9-5-6-11(13)10(7-9)12(15)16/h5-8,14H,3-4,13H2,1-2H3,(H,15,16). The van der Waals surface area contributed by atoms with E-state index in [1.165, 1.54) is 0 Å². The molecule has 16 heavy (non-hydrogen) atoms. The Labute approximate surface area is 95.5 Å². The minimum atomic E-state index is -0.995. The Morgan fingerprint density at radius 3 is 2.56 bits per heavy atom. The fourth-order valence-corrected chi connectivity index (χ4v) is 1.56. The van der Waals surface area contributed by atoms with Gasteiger partial charge in [-0.1, -0.05) is 13.8 Å². The van der Waals surface area contributed by atoms with Crippen molar-refractivity contribution in [3.8, 4) is 0 Å². The molecule has 0 saturated heterocycles. The van der Waals surface area contributed by atoms with Crippen LogP contribution in [-0.4, -0.2) is 17.1 Å². The number of carbonyl (C=O) groups is 1. The number of carboxylic acid groups (broad SMARTS) is 1. The molecule has 1 aromatic rings. The molecule has 88 valence electrons. The molecule has 0 atom stereocenters. The second-order valence-corrected chi connectivity index (χ2v) is 3.76. The number of nitrogen functional groups attached to an aromatic ring is 1. The van der Waals surface area contributed by atoms with E-state index >= 15 is 0 Å². The van der Waals surface area contributed by atoms with Crippen LogP contribution in [-0.2, 0) is 0 Å². The van der Waals surface area contributed by atoms with Gasteiger partial charge in [-0.25, -0.2) is 4.79 Å². The predicted octanol–water partition coefficient (Wildman–Crippen LogP) is 2.57. The minimum Gasteiger partial charge on any atom is -0.478 e. The highest BCUT2D eigenvalue weighted by molar-refractivity contribution is 5.94. The molecule has 4 nitrogen and oxygen atoms in total. The summed E-state index contributed by atoms with van der Waals surface area (Å²) in [6, 6.07) is 5.37. The van der Waals surface area contributed by atoms with E-state index in [0.29, 0.717) is 11.7 Å². The van der Waals surface area contributed by atoms with E-state index in [0.717, 1.165) is 18.5 Å². The average Bonchev–Trinajstić information content (AvgIpc) is 2.27. The third-order valence-corrected chi connectivity index (χ3v) is 2.64. The first kappa shape index (κ1) is 12.4. The lowest BCUT2D eigenvalue weighted by atomic mass is 10.1. The van der Waals surface area contributed by atoms with Crippen LogP contribution in [0.1, 0.15) is 37.0 Å². The molecule has 0 bridgehead atoms. The highest BCUT2D eigenvalue weighted by atomic mass is 16.4. The number of nitrogens with two attached hydrogens (primary N) is 1. The van der Waals surface area contributed by atoms with Crippen molar-refractivity contribution in [1.29, 1.82) is 0 Å². The number of hydrogen-bond donors (Lipinski definition) is 3. The van der Waals surface area contributed by atoms with Crippen LogP contribution < -0.4 is 11.1 Å². The summed E-state index contributed by atoms with van der Waals surface area (Å²) >= 11 is 0. The molecule has 0 aliphatic heterocycles. The van der Waals surface area contributed by atoms with E-state index < -0.39 is 5.97 Å². The van der Waals surface area contributed by atoms with Crippen LogP contribution in [0, 0.1) is 0 Å². The molecular formula is C12H18N2O2. The number of carboxylic acids is 1. The Hall–Kier alpha value is -1.71. The third kappa shape index (κ3) is 2.89. The van der Waals surface area contributed by atoms with Crippen molar-refractivity contribution in [2.75, 3.05) is 11.1 Å². The van der Waals surface area contributed by atoms with E-state index in [-0.39, 0.29) is 5.56 Å². The van der Waals surface area contributed by atoms with Crippen molar-refractivity contribution in [2.45, 2.75) is 32.7 Å². The summed E-state index contributed by atoms with van der Waals surface area (Å²) in [6.45, 7) is 4.19. The predicted molar refractivity (Wildman–Crippen MR) is 65.8 cm³/mol. The van der Waals surface area contributed by atoms with Gasteiger partial charge in [0, 0.05) is 17.4 Å². The van der Waals surface area contributed by atoms with E-state index in [1.807, 2.05) is 0 Å². The first-order valence-electron chi connectivity index (χ1n) is 5.47. The normalized spacial score (nSPS) is 10.4. The van der Waals surface area contributed by atoms with E-state index in [1.54, 1.807) is 18.2 Å². The number of hydrogen-bond acceptors (Lipinski definition) is 3. The van der Waals surface area contributed by atoms with Gasteiger partial charge in [0.15, 0.2) is 0 Å². The lowest BCUT2D eigenvalue weighted by Crippen LogP contribution is -2.17. The summed E-state index contributed by atoms with van der Waals surface area (Å²) in [6.07, 6.45) is 2.01. The lowest BCUT2D eigenvalue weighted by Gasteiger charge is -2.16. The Morgan fingerprint density at radius 2 is 2.06 bits per heavy atom. The molecule has 0 saturated carbocycles. The van der Waals surface area contributed by atoms with E-state index in [9.17, 15) is 4.79 Å². The molecule has 1 aromatic carbocycles. The zero-order valence-electron chi connectivity index (χ0n) is 9.66. The Kier molecular flexibility index (Phi) is 4.17. The summed E-state index contributed by atoms with van der Waals surface area (Å²) < 4.78 is 0. The second-order valence-electron chi connectivity index (χ2n) is 3.76. The number of aromatic carboxylic acids is 1. The lowest BCUT2D eigenvalue weighted by molar-refractivity contribution is 0.0698. The van der Waals surface area contributed by atoms with Gasteiger partial charge in [0.2, 0.25) is 0 Å². The molecule has 1 rings (SSSR count). The van der Waals surface area contributed by atoms with Crippen LogP contribution >= 0.6 is 0 Å². The molecule has 0 unspecified atom stereocenters. The molecule has 0 aliphatic carbocycles. The maximum absolute atomic E-state index is 10.9. The highest BCUT2D eigenvalue weighted by Gasteiger charge is 2.10. The van der Waals surface area contributed by atoms with Crippen molar-refractivity contribution < 1.29 is 9.90 Å². The van der Waals surface area contributed by atoms with Crippen LogP contribution in [0.3, 0.4) is 0 Å². The van der Waals surface area contributed by atoms with Gasteiger partial charge in [-0.05, 0) is 31.0 Å². The largest absolute Gasteiger partial charge is 0.478 e. The zero-order valence-corrected chi connectivity index (χ0v) is 9.66. The monoisotopic (exact) mass is 222 g/mol. The summed E-state index contributed by atoms with van der Waals surface area (Å²) in [5.41, 5.74) is 6.83. The average molecular weight is 222 g/mol. The van der Waals surface area contributed by atoms with E-state index in [4.69, 9.17) is 10.8 Å². The van der Waals surface area contributed by atoms with Gasteiger partial charge in [0.05, 0.1) is 5.56 Å². The number of nitrogens with one attached hydrogen (secondary N) is 1. The molecule has 0 spiro atoms. The Balaban J connectivity index is 2.90. The van der Waals surface area contributed by atoms with Crippen molar-refractivity contribution in [2.24, 2.45) is 0 Å². The smallest absolute Gasteiger partial charge is 0.337 e. The molecule has 0 heterocycles. The van der Waals surface area contributed by atoms with Crippen LogP contribution in [0.25, 0.3) is 0 Å². The first-order chi connectivity index (χ1) is 7.58. The van der Waals surface area contributed by atoms with Gasteiger partial charge in [0.25, 0.3) is 0 Å². The van der Waals surface area contributed by atoms with Gasteiger partial charge < -0.3 is 16.2 Å². The Bertz CT molecular complexity index is 373. The molecule has 0 fully saturated rings. The molecule has 0 aliphatic rings. The SMILES string of the molecule is CCC(CC)Nc1ccc(N)c(C(=O)O)c1. The fourth-order valence-electron chi connectivity index (χ4n) is 1.56. The quantitative estimate of drug-likeness (QED) is 0.669. The van der Waals surface area contributed by atoms with Crippen molar-refractivity contribution >= 4 is 17.3 Å². The summed E-state index contributed by atoms with van der Waals surface area (Å²) in [4.78, 5) is 10.9. The second kappa shape index (κ2) is 5.39. The van der Waals surface area contributed by atoms with Crippen LogP contribution in [0.5, 0.6) is 0 Å². The van der Waals surface area contributed by atoms with Crippen molar-refractivity contribution in [3.05, 3.63) is 23.8 Å². The van der Waals surface area contributed by atoms with Crippen LogP contribution in [0.15, 0.2) is 18.2 Å². The zero-order chi connectivity index (χ0) is 12.1.